The Hall–Kier alpha value is -2.94. The zero-order chi connectivity index (χ0) is 16.8. The van der Waals surface area contributed by atoms with Crippen molar-refractivity contribution >= 4 is 5.91 Å². The van der Waals surface area contributed by atoms with Gasteiger partial charge < -0.3 is 5.32 Å². The van der Waals surface area contributed by atoms with Crippen molar-refractivity contribution in [3.05, 3.63) is 101 Å². The Kier molecular flexibility index (Phi) is 5.02. The topological polar surface area (TPSA) is 42.0 Å². The van der Waals surface area contributed by atoms with E-state index in [4.69, 9.17) is 0 Å². The number of pyridine rings is 1. The number of amides is 1. The summed E-state index contributed by atoms with van der Waals surface area (Å²) in [4.78, 5) is 16.7. The average Bonchev–Trinajstić information content (AvgIpc) is 2.62. The number of nitrogens with one attached hydrogen (secondary N) is 1. The van der Waals surface area contributed by atoms with Crippen LogP contribution in [0, 0.1) is 6.92 Å². The molecule has 120 valence electrons. The van der Waals surface area contributed by atoms with E-state index in [-0.39, 0.29) is 11.9 Å². The number of carbonyl (C=O) groups excluding carboxylic acids is 1. The van der Waals surface area contributed by atoms with Crippen LogP contribution in [0.5, 0.6) is 0 Å². The first-order valence-corrected chi connectivity index (χ1v) is 8.02. The van der Waals surface area contributed by atoms with Crippen molar-refractivity contribution in [2.45, 2.75) is 19.4 Å². The molecular weight excluding hydrogens is 296 g/mol. The predicted molar refractivity (Wildman–Crippen MR) is 95.5 cm³/mol. The van der Waals surface area contributed by atoms with Crippen LogP contribution >= 0.6 is 0 Å². The van der Waals surface area contributed by atoms with E-state index in [0.717, 1.165) is 16.7 Å². The van der Waals surface area contributed by atoms with Crippen molar-refractivity contribution in [1.82, 2.24) is 10.3 Å². The third-order valence-electron chi connectivity index (χ3n) is 3.94. The van der Waals surface area contributed by atoms with Gasteiger partial charge in [-0.1, -0.05) is 66.2 Å². The molecule has 24 heavy (non-hydrogen) atoms. The summed E-state index contributed by atoms with van der Waals surface area (Å²) in [5.74, 6) is -0.00405. The lowest BCUT2D eigenvalue weighted by atomic mass is 9.98. The highest BCUT2D eigenvalue weighted by molar-refractivity contribution is 5.79. The van der Waals surface area contributed by atoms with Crippen LogP contribution in [0.1, 0.15) is 28.3 Å². The Morgan fingerprint density at radius 2 is 1.71 bits per heavy atom. The number of hydrogen-bond acceptors (Lipinski definition) is 2. The molecule has 3 nitrogen and oxygen atoms in total. The molecule has 1 atom stereocenters. The molecule has 1 heterocycles. The minimum Gasteiger partial charge on any atom is -0.345 e. The van der Waals surface area contributed by atoms with Gasteiger partial charge in [0.25, 0.3) is 0 Å². The summed E-state index contributed by atoms with van der Waals surface area (Å²) in [6.07, 6.45) is 3.90. The zero-order valence-electron chi connectivity index (χ0n) is 13.6. The third kappa shape index (κ3) is 4.07. The monoisotopic (exact) mass is 316 g/mol. The highest BCUT2D eigenvalue weighted by Gasteiger charge is 2.17. The van der Waals surface area contributed by atoms with Gasteiger partial charge in [0, 0.05) is 12.4 Å². The van der Waals surface area contributed by atoms with Crippen LogP contribution in [-0.2, 0) is 11.2 Å². The molecule has 3 rings (SSSR count). The van der Waals surface area contributed by atoms with Crippen LogP contribution < -0.4 is 5.32 Å². The first-order valence-electron chi connectivity index (χ1n) is 8.02. The minimum absolute atomic E-state index is 0.00405. The van der Waals surface area contributed by atoms with Gasteiger partial charge in [-0.2, -0.15) is 0 Å². The second-order valence-electron chi connectivity index (χ2n) is 5.86. The van der Waals surface area contributed by atoms with E-state index in [9.17, 15) is 4.79 Å². The molecule has 0 saturated carbocycles. The summed E-state index contributed by atoms with van der Waals surface area (Å²) in [6, 6.07) is 21.7. The number of nitrogens with zero attached hydrogens (tertiary/aromatic N) is 1. The van der Waals surface area contributed by atoms with Crippen molar-refractivity contribution in [3.8, 4) is 0 Å². The summed E-state index contributed by atoms with van der Waals surface area (Å²) in [5, 5.41) is 3.14. The van der Waals surface area contributed by atoms with E-state index in [2.05, 4.69) is 41.5 Å². The van der Waals surface area contributed by atoms with Crippen molar-refractivity contribution in [3.63, 3.8) is 0 Å². The van der Waals surface area contributed by atoms with Gasteiger partial charge in [0.1, 0.15) is 0 Å². The number of aryl methyl sites for hydroxylation is 1. The smallest absolute Gasteiger partial charge is 0.225 e. The van der Waals surface area contributed by atoms with E-state index in [1.54, 1.807) is 12.4 Å². The lowest BCUT2D eigenvalue weighted by Crippen LogP contribution is -2.30. The van der Waals surface area contributed by atoms with Crippen molar-refractivity contribution < 1.29 is 4.79 Å². The Morgan fingerprint density at radius 1 is 0.958 bits per heavy atom. The third-order valence-corrected chi connectivity index (χ3v) is 3.94. The van der Waals surface area contributed by atoms with Crippen LogP contribution in [0.3, 0.4) is 0 Å². The van der Waals surface area contributed by atoms with E-state index < -0.39 is 0 Å². The van der Waals surface area contributed by atoms with Gasteiger partial charge in [0.2, 0.25) is 5.91 Å². The molecule has 1 aromatic heterocycles. The fourth-order valence-electron chi connectivity index (χ4n) is 2.66. The SMILES string of the molecule is Cc1ccc(C(NC(=O)Cc2ccccc2)c2cccnc2)cc1. The zero-order valence-corrected chi connectivity index (χ0v) is 13.6. The molecule has 0 spiro atoms. The van der Waals surface area contributed by atoms with Crippen LogP contribution in [-0.4, -0.2) is 10.9 Å². The lowest BCUT2D eigenvalue weighted by Gasteiger charge is -2.20. The van der Waals surface area contributed by atoms with Gasteiger partial charge in [-0.15, -0.1) is 0 Å². The van der Waals surface area contributed by atoms with Crippen LogP contribution in [0.25, 0.3) is 0 Å². The minimum atomic E-state index is -0.199. The molecule has 1 amide bonds. The van der Waals surface area contributed by atoms with E-state index >= 15 is 0 Å². The fraction of sp³-hybridized carbons (Fsp3) is 0.143. The number of rotatable bonds is 5. The lowest BCUT2D eigenvalue weighted by molar-refractivity contribution is -0.120. The second kappa shape index (κ2) is 7.55. The Bertz CT molecular complexity index is 783. The van der Waals surface area contributed by atoms with E-state index in [0.29, 0.717) is 6.42 Å². The summed E-state index contributed by atoms with van der Waals surface area (Å²) in [6.45, 7) is 2.05. The Balaban J connectivity index is 1.82. The Morgan fingerprint density at radius 3 is 2.38 bits per heavy atom. The molecule has 3 heteroatoms. The molecule has 2 aromatic carbocycles. The summed E-state index contributed by atoms with van der Waals surface area (Å²) < 4.78 is 0. The molecule has 0 fully saturated rings. The second-order valence-corrected chi connectivity index (χ2v) is 5.86. The summed E-state index contributed by atoms with van der Waals surface area (Å²) >= 11 is 0. The molecule has 0 bridgehead atoms. The number of benzene rings is 2. The largest absolute Gasteiger partial charge is 0.345 e. The predicted octanol–water partition coefficient (Wildman–Crippen LogP) is 3.84. The number of hydrogen-bond donors (Lipinski definition) is 1. The normalized spacial score (nSPS) is 11.7. The molecule has 0 saturated heterocycles. The van der Waals surface area contributed by atoms with Gasteiger partial charge >= 0.3 is 0 Å². The quantitative estimate of drug-likeness (QED) is 0.777. The maximum absolute atomic E-state index is 12.5. The first-order chi connectivity index (χ1) is 11.7. The molecule has 1 N–H and O–H groups in total. The van der Waals surface area contributed by atoms with Crippen molar-refractivity contribution in [1.29, 1.82) is 0 Å². The standard InChI is InChI=1S/C21H20N2O/c1-16-9-11-18(12-10-16)21(19-8-5-13-22-15-19)23-20(24)14-17-6-3-2-4-7-17/h2-13,15,21H,14H2,1H3,(H,23,24). The van der Waals surface area contributed by atoms with Crippen molar-refractivity contribution in [2.75, 3.05) is 0 Å². The van der Waals surface area contributed by atoms with Gasteiger partial charge in [-0.3, -0.25) is 9.78 Å². The molecule has 0 aliphatic heterocycles. The van der Waals surface area contributed by atoms with E-state index in [1.807, 2.05) is 42.5 Å². The fourth-order valence-corrected chi connectivity index (χ4v) is 2.66. The molecule has 0 aliphatic carbocycles. The first kappa shape index (κ1) is 15.9. The Labute approximate surface area is 142 Å². The van der Waals surface area contributed by atoms with Crippen molar-refractivity contribution in [2.24, 2.45) is 0 Å². The molecule has 1 unspecified atom stereocenters. The average molecular weight is 316 g/mol. The van der Waals surface area contributed by atoms with Gasteiger partial charge in [-0.05, 0) is 29.7 Å². The molecular formula is C21H20N2O. The maximum Gasteiger partial charge on any atom is 0.225 e. The number of aromatic nitrogens is 1. The van der Waals surface area contributed by atoms with Crippen LogP contribution in [0.2, 0.25) is 0 Å². The highest BCUT2D eigenvalue weighted by atomic mass is 16.1. The summed E-state index contributed by atoms with van der Waals surface area (Å²) in [7, 11) is 0. The van der Waals surface area contributed by atoms with Gasteiger partial charge in [-0.25, -0.2) is 0 Å². The summed E-state index contributed by atoms with van der Waals surface area (Å²) in [5.41, 5.74) is 4.22. The highest BCUT2D eigenvalue weighted by Crippen LogP contribution is 2.22. The van der Waals surface area contributed by atoms with Crippen LogP contribution in [0.4, 0.5) is 0 Å². The van der Waals surface area contributed by atoms with Crippen LogP contribution in [0.15, 0.2) is 79.1 Å². The molecule has 0 aliphatic rings. The molecule has 3 aromatic rings. The van der Waals surface area contributed by atoms with E-state index in [1.165, 1.54) is 5.56 Å². The van der Waals surface area contributed by atoms with Gasteiger partial charge in [0.15, 0.2) is 0 Å². The molecule has 0 radical (unpaired) electrons. The number of carbonyl (C=O) groups is 1. The maximum atomic E-state index is 12.5. The van der Waals surface area contributed by atoms with Gasteiger partial charge in [0.05, 0.1) is 12.5 Å².